The van der Waals surface area contributed by atoms with Gasteiger partial charge in [-0.05, 0) is 12.1 Å². The number of likely N-dealkylation sites (tertiary alicyclic amines) is 1. The molecule has 1 fully saturated rings. The van der Waals surface area contributed by atoms with Crippen LogP contribution in [-0.2, 0) is 4.79 Å². The van der Waals surface area contributed by atoms with E-state index in [4.69, 9.17) is 5.73 Å². The maximum absolute atomic E-state index is 11.8. The van der Waals surface area contributed by atoms with E-state index in [1.54, 1.807) is 17.0 Å². The lowest BCUT2D eigenvalue weighted by atomic mass is 9.98. The van der Waals surface area contributed by atoms with Crippen molar-refractivity contribution in [2.45, 2.75) is 0 Å². The van der Waals surface area contributed by atoms with E-state index >= 15 is 0 Å². The molecule has 1 aliphatic rings. The summed E-state index contributed by atoms with van der Waals surface area (Å²) < 4.78 is 0. The second-order valence-electron chi connectivity index (χ2n) is 3.68. The molecule has 15 heavy (non-hydrogen) atoms. The van der Waals surface area contributed by atoms with Crippen molar-refractivity contribution >= 4 is 11.8 Å². The predicted octanol–water partition coefficient (Wildman–Crippen LogP) is 0.244. The summed E-state index contributed by atoms with van der Waals surface area (Å²) in [5.74, 6) is -0.530. The molecule has 0 bridgehead atoms. The first-order valence-electron chi connectivity index (χ1n) is 4.82. The quantitative estimate of drug-likeness (QED) is 0.750. The number of benzene rings is 1. The molecule has 1 heterocycles. The van der Waals surface area contributed by atoms with Gasteiger partial charge in [-0.3, -0.25) is 9.59 Å². The Morgan fingerprint density at radius 3 is 2.33 bits per heavy atom. The van der Waals surface area contributed by atoms with Crippen molar-refractivity contribution in [3.05, 3.63) is 35.9 Å². The van der Waals surface area contributed by atoms with Crippen molar-refractivity contribution in [2.75, 3.05) is 13.1 Å². The minimum Gasteiger partial charge on any atom is -0.369 e. The third-order valence-corrected chi connectivity index (χ3v) is 2.59. The van der Waals surface area contributed by atoms with E-state index in [-0.39, 0.29) is 17.7 Å². The Kier molecular flexibility index (Phi) is 2.41. The summed E-state index contributed by atoms with van der Waals surface area (Å²) in [4.78, 5) is 24.2. The highest BCUT2D eigenvalue weighted by atomic mass is 16.2. The van der Waals surface area contributed by atoms with Crippen molar-refractivity contribution in [3.8, 4) is 0 Å². The topological polar surface area (TPSA) is 63.4 Å². The third kappa shape index (κ3) is 1.83. The zero-order valence-corrected chi connectivity index (χ0v) is 8.22. The number of carbonyl (C=O) groups is 2. The van der Waals surface area contributed by atoms with Crippen molar-refractivity contribution in [3.63, 3.8) is 0 Å². The van der Waals surface area contributed by atoms with Crippen LogP contribution in [0.15, 0.2) is 30.3 Å². The third-order valence-electron chi connectivity index (χ3n) is 2.59. The molecule has 4 heteroatoms. The number of primary amides is 1. The summed E-state index contributed by atoms with van der Waals surface area (Å²) in [5.41, 5.74) is 5.78. The van der Waals surface area contributed by atoms with Gasteiger partial charge in [0.15, 0.2) is 0 Å². The maximum atomic E-state index is 11.8. The van der Waals surface area contributed by atoms with E-state index in [0.717, 1.165) is 0 Å². The maximum Gasteiger partial charge on any atom is 0.253 e. The Labute approximate surface area is 87.7 Å². The standard InChI is InChI=1S/C11H12N2O2/c12-10(14)9-6-13(7-9)11(15)8-4-2-1-3-5-8/h1-5,9H,6-7H2,(H2,12,14). The molecule has 0 radical (unpaired) electrons. The molecular weight excluding hydrogens is 192 g/mol. The van der Waals surface area contributed by atoms with Crippen LogP contribution in [0.5, 0.6) is 0 Å². The Morgan fingerprint density at radius 1 is 1.20 bits per heavy atom. The van der Waals surface area contributed by atoms with Crippen LogP contribution < -0.4 is 5.73 Å². The van der Waals surface area contributed by atoms with Crippen LogP contribution in [0.4, 0.5) is 0 Å². The van der Waals surface area contributed by atoms with Crippen LogP contribution in [0, 0.1) is 5.92 Å². The molecule has 1 aromatic carbocycles. The largest absolute Gasteiger partial charge is 0.369 e. The monoisotopic (exact) mass is 204 g/mol. The SMILES string of the molecule is NC(=O)C1CN(C(=O)c2ccccc2)C1. The van der Waals surface area contributed by atoms with Crippen LogP contribution >= 0.6 is 0 Å². The Hall–Kier alpha value is -1.84. The molecule has 78 valence electrons. The van der Waals surface area contributed by atoms with Gasteiger partial charge in [0.2, 0.25) is 5.91 Å². The van der Waals surface area contributed by atoms with Crippen LogP contribution in [0.3, 0.4) is 0 Å². The van der Waals surface area contributed by atoms with Gasteiger partial charge in [0.1, 0.15) is 0 Å². The number of carbonyl (C=O) groups excluding carboxylic acids is 2. The van der Waals surface area contributed by atoms with Gasteiger partial charge in [-0.25, -0.2) is 0 Å². The average Bonchev–Trinajstić information content (AvgIpc) is 2.16. The summed E-state index contributed by atoms with van der Waals surface area (Å²) in [6, 6.07) is 9.02. The van der Waals surface area contributed by atoms with E-state index in [1.807, 2.05) is 18.2 Å². The normalized spacial score (nSPS) is 15.9. The fourth-order valence-corrected chi connectivity index (χ4v) is 1.59. The van der Waals surface area contributed by atoms with Crippen LogP contribution in [0.2, 0.25) is 0 Å². The van der Waals surface area contributed by atoms with Crippen LogP contribution in [0.1, 0.15) is 10.4 Å². The van der Waals surface area contributed by atoms with Gasteiger partial charge >= 0.3 is 0 Å². The highest BCUT2D eigenvalue weighted by molar-refractivity contribution is 5.95. The number of hydrogen-bond donors (Lipinski definition) is 1. The highest BCUT2D eigenvalue weighted by Gasteiger charge is 2.34. The zero-order chi connectivity index (χ0) is 10.8. The number of nitrogens with zero attached hydrogens (tertiary/aromatic N) is 1. The molecule has 1 aliphatic heterocycles. The summed E-state index contributed by atoms with van der Waals surface area (Å²) >= 11 is 0. The lowest BCUT2D eigenvalue weighted by Gasteiger charge is -2.37. The predicted molar refractivity (Wildman–Crippen MR) is 55.0 cm³/mol. The molecule has 0 aromatic heterocycles. The number of nitrogens with two attached hydrogens (primary N) is 1. The van der Waals surface area contributed by atoms with E-state index in [2.05, 4.69) is 0 Å². The number of hydrogen-bond acceptors (Lipinski definition) is 2. The minimum atomic E-state index is -0.327. The molecule has 0 saturated carbocycles. The Balaban J connectivity index is 1.98. The molecule has 1 saturated heterocycles. The smallest absolute Gasteiger partial charge is 0.253 e. The summed E-state index contributed by atoms with van der Waals surface area (Å²) in [7, 11) is 0. The van der Waals surface area contributed by atoms with Gasteiger partial charge in [-0.2, -0.15) is 0 Å². The van der Waals surface area contributed by atoms with Crippen LogP contribution in [-0.4, -0.2) is 29.8 Å². The molecule has 4 nitrogen and oxygen atoms in total. The van der Waals surface area contributed by atoms with Crippen molar-refractivity contribution in [1.29, 1.82) is 0 Å². The first-order valence-corrected chi connectivity index (χ1v) is 4.82. The van der Waals surface area contributed by atoms with Gasteiger partial charge < -0.3 is 10.6 Å². The summed E-state index contributed by atoms with van der Waals surface area (Å²) in [6.07, 6.45) is 0. The van der Waals surface area contributed by atoms with Crippen LogP contribution in [0.25, 0.3) is 0 Å². The second-order valence-corrected chi connectivity index (χ2v) is 3.68. The van der Waals surface area contributed by atoms with E-state index in [1.165, 1.54) is 0 Å². The summed E-state index contributed by atoms with van der Waals surface area (Å²) in [6.45, 7) is 0.895. The molecular formula is C11H12N2O2. The second kappa shape index (κ2) is 3.73. The zero-order valence-electron chi connectivity index (χ0n) is 8.22. The minimum absolute atomic E-state index is 0.0342. The van der Waals surface area contributed by atoms with E-state index < -0.39 is 0 Å². The molecule has 2 amide bonds. The lowest BCUT2D eigenvalue weighted by Crippen LogP contribution is -2.54. The molecule has 2 N–H and O–H groups in total. The first kappa shape index (κ1) is 9.71. The molecule has 0 unspecified atom stereocenters. The van der Waals surface area contributed by atoms with E-state index in [0.29, 0.717) is 18.7 Å². The molecule has 0 spiro atoms. The fraction of sp³-hybridized carbons (Fsp3) is 0.273. The average molecular weight is 204 g/mol. The van der Waals surface area contributed by atoms with Gasteiger partial charge in [-0.1, -0.05) is 18.2 Å². The van der Waals surface area contributed by atoms with Gasteiger partial charge in [0.05, 0.1) is 5.92 Å². The molecule has 0 atom stereocenters. The van der Waals surface area contributed by atoms with Gasteiger partial charge in [0, 0.05) is 18.7 Å². The summed E-state index contributed by atoms with van der Waals surface area (Å²) in [5, 5.41) is 0. The Morgan fingerprint density at radius 2 is 1.80 bits per heavy atom. The molecule has 2 rings (SSSR count). The van der Waals surface area contributed by atoms with Crippen molar-refractivity contribution in [1.82, 2.24) is 4.90 Å². The van der Waals surface area contributed by atoms with Gasteiger partial charge in [-0.15, -0.1) is 0 Å². The number of rotatable bonds is 2. The van der Waals surface area contributed by atoms with Crippen molar-refractivity contribution < 1.29 is 9.59 Å². The fourth-order valence-electron chi connectivity index (χ4n) is 1.59. The molecule has 1 aromatic rings. The highest BCUT2D eigenvalue weighted by Crippen LogP contribution is 2.17. The van der Waals surface area contributed by atoms with Gasteiger partial charge in [0.25, 0.3) is 5.91 Å². The first-order chi connectivity index (χ1) is 7.18. The lowest BCUT2D eigenvalue weighted by molar-refractivity contribution is -0.125. The Bertz CT molecular complexity index is 383. The number of amides is 2. The van der Waals surface area contributed by atoms with Crippen molar-refractivity contribution in [2.24, 2.45) is 11.7 Å². The molecule has 0 aliphatic carbocycles. The van der Waals surface area contributed by atoms with E-state index in [9.17, 15) is 9.59 Å².